The first-order chi connectivity index (χ1) is 14.5. The molecule has 7 heteroatoms. The molecule has 4 rings (SSSR count). The van der Waals surface area contributed by atoms with Gasteiger partial charge in [0.25, 0.3) is 0 Å². The molecule has 0 unspecified atom stereocenters. The maximum Gasteiger partial charge on any atom is 0.342 e. The van der Waals surface area contributed by atoms with Gasteiger partial charge >= 0.3 is 5.97 Å². The maximum atomic E-state index is 12.6. The second-order valence-electron chi connectivity index (χ2n) is 7.05. The molecular formula is C23H22N2O5. The van der Waals surface area contributed by atoms with Crippen LogP contribution in [0.15, 0.2) is 48.5 Å². The largest absolute Gasteiger partial charge is 0.486 e. The summed E-state index contributed by atoms with van der Waals surface area (Å²) in [7, 11) is 0. The van der Waals surface area contributed by atoms with Crippen LogP contribution in [0.4, 0.5) is 0 Å². The van der Waals surface area contributed by atoms with Crippen molar-refractivity contribution in [3.8, 4) is 11.5 Å². The topological polar surface area (TPSA) is 79.7 Å². The quantitative estimate of drug-likeness (QED) is 0.461. The Morgan fingerprint density at radius 2 is 1.77 bits per heavy atom. The van der Waals surface area contributed by atoms with Crippen LogP contribution >= 0.6 is 0 Å². The van der Waals surface area contributed by atoms with Gasteiger partial charge in [-0.05, 0) is 37.6 Å². The number of carbonyl (C=O) groups is 2. The van der Waals surface area contributed by atoms with E-state index in [9.17, 15) is 9.59 Å². The van der Waals surface area contributed by atoms with Gasteiger partial charge in [0.05, 0.1) is 17.9 Å². The molecule has 0 atom stereocenters. The van der Waals surface area contributed by atoms with Crippen molar-refractivity contribution < 1.29 is 23.8 Å². The molecule has 0 fully saturated rings. The van der Waals surface area contributed by atoms with E-state index in [1.54, 1.807) is 29.8 Å². The van der Waals surface area contributed by atoms with Gasteiger partial charge in [-0.15, -0.1) is 0 Å². The van der Waals surface area contributed by atoms with Crippen molar-refractivity contribution in [1.82, 2.24) is 9.78 Å². The molecule has 0 bridgehead atoms. The van der Waals surface area contributed by atoms with Crippen LogP contribution in [0.2, 0.25) is 0 Å². The molecule has 0 saturated carbocycles. The summed E-state index contributed by atoms with van der Waals surface area (Å²) in [6.07, 6.45) is 0. The zero-order chi connectivity index (χ0) is 21.1. The van der Waals surface area contributed by atoms with Crippen LogP contribution in [-0.2, 0) is 11.3 Å². The summed E-state index contributed by atoms with van der Waals surface area (Å²) in [5, 5.41) is 4.46. The second kappa shape index (κ2) is 8.41. The number of Topliss-reactive ketones (excluding diaryl/α,β-unsaturated/α-hetero) is 1. The number of carbonyl (C=O) groups excluding carboxylic acids is 2. The van der Waals surface area contributed by atoms with Crippen molar-refractivity contribution in [1.29, 1.82) is 0 Å². The highest BCUT2D eigenvalue weighted by Gasteiger charge is 2.22. The molecule has 154 valence electrons. The molecule has 0 N–H and O–H groups in total. The predicted octanol–water partition coefficient (Wildman–Crippen LogP) is 3.36. The minimum Gasteiger partial charge on any atom is -0.486 e. The molecule has 2 aromatic carbocycles. The summed E-state index contributed by atoms with van der Waals surface area (Å²) < 4.78 is 18.0. The lowest BCUT2D eigenvalue weighted by Crippen LogP contribution is -2.18. The first-order valence-electron chi connectivity index (χ1n) is 9.71. The minimum atomic E-state index is -0.560. The molecular weight excluding hydrogens is 384 g/mol. The molecule has 0 saturated heterocycles. The Kier molecular flexibility index (Phi) is 5.52. The molecule has 0 spiro atoms. The van der Waals surface area contributed by atoms with Gasteiger partial charge in [-0.1, -0.05) is 30.3 Å². The third kappa shape index (κ3) is 4.05. The zero-order valence-electron chi connectivity index (χ0n) is 16.9. The highest BCUT2D eigenvalue weighted by Crippen LogP contribution is 2.30. The number of fused-ring (bicyclic) bond motifs is 1. The first kappa shape index (κ1) is 19.7. The van der Waals surface area contributed by atoms with Crippen molar-refractivity contribution in [2.45, 2.75) is 20.4 Å². The number of aromatic nitrogens is 2. The van der Waals surface area contributed by atoms with E-state index in [2.05, 4.69) is 5.10 Å². The fourth-order valence-electron chi connectivity index (χ4n) is 3.41. The van der Waals surface area contributed by atoms with Gasteiger partial charge in [0, 0.05) is 5.56 Å². The van der Waals surface area contributed by atoms with Gasteiger partial charge in [0.15, 0.2) is 23.9 Å². The highest BCUT2D eigenvalue weighted by atomic mass is 16.6. The van der Waals surface area contributed by atoms with Crippen molar-refractivity contribution >= 4 is 11.8 Å². The normalized spacial score (nSPS) is 12.5. The molecule has 3 aromatic rings. The summed E-state index contributed by atoms with van der Waals surface area (Å²) in [6, 6.07) is 14.8. The number of hydrogen-bond acceptors (Lipinski definition) is 6. The van der Waals surface area contributed by atoms with Gasteiger partial charge in [0.2, 0.25) is 0 Å². The minimum absolute atomic E-state index is 0.313. The fraction of sp³-hybridized carbons (Fsp3) is 0.261. The van der Waals surface area contributed by atoms with Gasteiger partial charge < -0.3 is 14.2 Å². The molecule has 1 aromatic heterocycles. The Balaban J connectivity index is 1.43. The molecule has 30 heavy (non-hydrogen) atoms. The number of nitrogens with zero attached hydrogens (tertiary/aromatic N) is 2. The molecule has 7 nitrogen and oxygen atoms in total. The van der Waals surface area contributed by atoms with E-state index in [0.717, 1.165) is 5.56 Å². The molecule has 2 heterocycles. The van der Waals surface area contributed by atoms with E-state index in [1.807, 2.05) is 37.3 Å². The van der Waals surface area contributed by atoms with E-state index >= 15 is 0 Å². The summed E-state index contributed by atoms with van der Waals surface area (Å²) >= 11 is 0. The molecule has 0 radical (unpaired) electrons. The number of ketones is 1. The SMILES string of the molecule is Cc1nn(Cc2ccccc2)c(C)c1C(=O)OCC(=O)c1ccc2c(c1)OCCO2. The van der Waals surface area contributed by atoms with Gasteiger partial charge in [-0.3, -0.25) is 9.48 Å². The number of benzene rings is 2. The molecule has 0 amide bonds. The number of ether oxygens (including phenoxy) is 3. The zero-order valence-corrected chi connectivity index (χ0v) is 16.9. The summed E-state index contributed by atoms with van der Waals surface area (Å²) in [5.74, 6) is 0.252. The third-order valence-corrected chi connectivity index (χ3v) is 4.96. The van der Waals surface area contributed by atoms with Gasteiger partial charge in [0.1, 0.15) is 18.8 Å². The van der Waals surface area contributed by atoms with Crippen LogP contribution in [0.25, 0.3) is 0 Å². The Hall–Kier alpha value is -3.61. The van der Waals surface area contributed by atoms with Gasteiger partial charge in [-0.25, -0.2) is 4.79 Å². The van der Waals surface area contributed by atoms with Crippen molar-refractivity contribution in [3.63, 3.8) is 0 Å². The number of aryl methyl sites for hydroxylation is 1. The number of rotatable bonds is 6. The van der Waals surface area contributed by atoms with Crippen molar-refractivity contribution in [3.05, 3.63) is 76.6 Å². The molecule has 1 aliphatic rings. The van der Waals surface area contributed by atoms with E-state index in [0.29, 0.717) is 53.8 Å². The van der Waals surface area contributed by atoms with Crippen LogP contribution in [0, 0.1) is 13.8 Å². The highest BCUT2D eigenvalue weighted by molar-refractivity contribution is 6.00. The van der Waals surface area contributed by atoms with E-state index in [1.165, 1.54) is 0 Å². The first-order valence-corrected chi connectivity index (χ1v) is 9.71. The van der Waals surface area contributed by atoms with E-state index in [4.69, 9.17) is 14.2 Å². The van der Waals surface area contributed by atoms with Crippen LogP contribution in [0.5, 0.6) is 11.5 Å². The Morgan fingerprint density at radius 3 is 2.53 bits per heavy atom. The number of esters is 1. The lowest BCUT2D eigenvalue weighted by Gasteiger charge is -2.18. The predicted molar refractivity (Wildman–Crippen MR) is 109 cm³/mol. The smallest absolute Gasteiger partial charge is 0.342 e. The van der Waals surface area contributed by atoms with Crippen LogP contribution in [0.1, 0.15) is 37.7 Å². The lowest BCUT2D eigenvalue weighted by molar-refractivity contribution is 0.0473. The lowest BCUT2D eigenvalue weighted by atomic mass is 10.1. The monoisotopic (exact) mass is 406 g/mol. The Bertz CT molecular complexity index is 1090. The van der Waals surface area contributed by atoms with Crippen LogP contribution in [0.3, 0.4) is 0 Å². The Morgan fingerprint density at radius 1 is 1.03 bits per heavy atom. The van der Waals surface area contributed by atoms with Crippen molar-refractivity contribution in [2.75, 3.05) is 19.8 Å². The van der Waals surface area contributed by atoms with Crippen LogP contribution in [-0.4, -0.2) is 41.4 Å². The third-order valence-electron chi connectivity index (χ3n) is 4.96. The second-order valence-corrected chi connectivity index (χ2v) is 7.05. The molecule has 1 aliphatic heterocycles. The summed E-state index contributed by atoms with van der Waals surface area (Å²) in [4.78, 5) is 25.1. The molecule has 0 aliphatic carbocycles. The van der Waals surface area contributed by atoms with Crippen molar-refractivity contribution in [2.24, 2.45) is 0 Å². The average molecular weight is 406 g/mol. The average Bonchev–Trinajstić information content (AvgIpc) is 3.05. The fourth-order valence-corrected chi connectivity index (χ4v) is 3.41. The summed E-state index contributed by atoms with van der Waals surface area (Å²) in [5.41, 5.74) is 3.14. The Labute approximate surface area is 174 Å². The van der Waals surface area contributed by atoms with Gasteiger partial charge in [-0.2, -0.15) is 5.10 Å². The standard InChI is InChI=1S/C23H22N2O5/c1-15-22(16(2)25(24-15)13-17-6-4-3-5-7-17)23(27)30-14-19(26)18-8-9-20-21(12-18)29-11-10-28-20/h3-9,12H,10-11,13-14H2,1-2H3. The van der Waals surface area contributed by atoms with Crippen LogP contribution < -0.4 is 9.47 Å². The summed E-state index contributed by atoms with van der Waals surface area (Å²) in [6.45, 7) is 4.69. The number of hydrogen-bond donors (Lipinski definition) is 0. The maximum absolute atomic E-state index is 12.6. The van der Waals surface area contributed by atoms with E-state index in [-0.39, 0.29) is 12.4 Å². The van der Waals surface area contributed by atoms with E-state index < -0.39 is 5.97 Å².